The number of benzene rings is 3. The lowest BCUT2D eigenvalue weighted by Crippen LogP contribution is -2.37. The van der Waals surface area contributed by atoms with Crippen molar-refractivity contribution >= 4 is 17.0 Å². The monoisotopic (exact) mass is 327 g/mol. The minimum atomic E-state index is -1.16. The quantitative estimate of drug-likeness (QED) is 0.530. The molecule has 0 bridgehead atoms. The third kappa shape index (κ3) is 1.80. The highest BCUT2D eigenvalue weighted by atomic mass is 16.6. The Kier molecular flexibility index (Phi) is 2.79. The van der Waals surface area contributed by atoms with Crippen molar-refractivity contribution in [2.75, 3.05) is 0 Å². The molecular weight excluding hydrogens is 314 g/mol. The first kappa shape index (κ1) is 13.9. The lowest BCUT2D eigenvalue weighted by atomic mass is 9.92. The van der Waals surface area contributed by atoms with Gasteiger partial charge in [-0.2, -0.15) is 4.68 Å². The second kappa shape index (κ2) is 5.01. The van der Waals surface area contributed by atoms with Crippen molar-refractivity contribution < 1.29 is 9.53 Å². The Morgan fingerprint density at radius 3 is 2.44 bits per heavy atom. The second-order valence-electron chi connectivity index (χ2n) is 5.94. The zero-order valence-corrected chi connectivity index (χ0v) is 13.2. The van der Waals surface area contributed by atoms with E-state index in [2.05, 4.69) is 10.3 Å². The number of cyclic esters (lactones) is 1. The zero-order valence-electron chi connectivity index (χ0n) is 13.2. The van der Waals surface area contributed by atoms with Crippen molar-refractivity contribution in [1.29, 1.82) is 0 Å². The smallest absolute Gasteiger partial charge is 0.341 e. The summed E-state index contributed by atoms with van der Waals surface area (Å²) in [6, 6.07) is 24.7. The SMILES string of the molecule is O=C1OC(c2ccccc2)(n2nnc3ccccc32)c2ccccc21. The molecule has 1 unspecified atom stereocenters. The summed E-state index contributed by atoms with van der Waals surface area (Å²) in [6.45, 7) is 0. The molecule has 0 fully saturated rings. The average Bonchev–Trinajstić information content (AvgIpc) is 3.23. The fourth-order valence-electron chi connectivity index (χ4n) is 3.46. The van der Waals surface area contributed by atoms with Gasteiger partial charge in [-0.15, -0.1) is 5.10 Å². The maximum atomic E-state index is 12.6. The summed E-state index contributed by atoms with van der Waals surface area (Å²) in [7, 11) is 0. The lowest BCUT2D eigenvalue weighted by molar-refractivity contribution is -0.00697. The Balaban J connectivity index is 1.91. The molecule has 0 saturated heterocycles. The molecule has 0 radical (unpaired) electrons. The van der Waals surface area contributed by atoms with Crippen molar-refractivity contribution in [3.05, 3.63) is 95.6 Å². The largest absolute Gasteiger partial charge is 0.424 e. The molecule has 5 rings (SSSR count). The molecule has 0 saturated carbocycles. The highest BCUT2D eigenvalue weighted by Gasteiger charge is 2.50. The van der Waals surface area contributed by atoms with Crippen molar-refractivity contribution in [3.8, 4) is 0 Å². The van der Waals surface area contributed by atoms with Crippen LogP contribution in [0.1, 0.15) is 21.5 Å². The van der Waals surface area contributed by atoms with E-state index in [0.29, 0.717) is 5.56 Å². The van der Waals surface area contributed by atoms with Crippen LogP contribution in [0, 0.1) is 0 Å². The number of hydrogen-bond acceptors (Lipinski definition) is 4. The number of para-hydroxylation sites is 1. The van der Waals surface area contributed by atoms with Crippen LogP contribution in [0.25, 0.3) is 11.0 Å². The molecule has 5 nitrogen and oxygen atoms in total. The van der Waals surface area contributed by atoms with Crippen LogP contribution in [-0.2, 0) is 10.5 Å². The molecule has 5 heteroatoms. The number of esters is 1. The molecule has 1 aliphatic rings. The summed E-state index contributed by atoms with van der Waals surface area (Å²) < 4.78 is 7.68. The molecule has 25 heavy (non-hydrogen) atoms. The Hall–Kier alpha value is -3.47. The van der Waals surface area contributed by atoms with Crippen LogP contribution in [0.15, 0.2) is 78.9 Å². The van der Waals surface area contributed by atoms with Crippen molar-refractivity contribution in [2.24, 2.45) is 0 Å². The van der Waals surface area contributed by atoms with Gasteiger partial charge in [-0.25, -0.2) is 4.79 Å². The van der Waals surface area contributed by atoms with Gasteiger partial charge in [-0.05, 0) is 18.2 Å². The summed E-state index contributed by atoms with van der Waals surface area (Å²) >= 11 is 0. The van der Waals surface area contributed by atoms with Crippen LogP contribution in [-0.4, -0.2) is 21.0 Å². The van der Waals surface area contributed by atoms with E-state index in [1.54, 1.807) is 10.7 Å². The average molecular weight is 327 g/mol. The van der Waals surface area contributed by atoms with Crippen LogP contribution in [0.2, 0.25) is 0 Å². The first-order valence-electron chi connectivity index (χ1n) is 8.00. The standard InChI is InChI=1S/C20H13N3O2/c24-19-15-10-4-5-11-16(15)20(25-19,14-8-2-1-3-9-14)23-18-13-7-6-12-17(18)21-22-23/h1-13H. The van der Waals surface area contributed by atoms with Gasteiger partial charge in [0.25, 0.3) is 5.72 Å². The van der Waals surface area contributed by atoms with E-state index in [1.165, 1.54) is 0 Å². The van der Waals surface area contributed by atoms with E-state index in [1.807, 2.05) is 72.8 Å². The third-order valence-corrected chi connectivity index (χ3v) is 4.57. The molecule has 2 heterocycles. The summed E-state index contributed by atoms with van der Waals surface area (Å²) in [6.07, 6.45) is 0. The highest BCUT2D eigenvalue weighted by Crippen LogP contribution is 2.43. The Labute approximate surface area is 143 Å². The Morgan fingerprint density at radius 1 is 0.840 bits per heavy atom. The van der Waals surface area contributed by atoms with Gasteiger partial charge in [0.1, 0.15) is 5.52 Å². The number of aromatic nitrogens is 3. The zero-order chi connectivity index (χ0) is 16.9. The molecule has 1 aromatic heterocycles. The molecular formula is C20H13N3O2. The minimum absolute atomic E-state index is 0.362. The van der Waals surface area contributed by atoms with Gasteiger partial charge in [-0.1, -0.05) is 65.9 Å². The predicted molar refractivity (Wildman–Crippen MR) is 92.0 cm³/mol. The van der Waals surface area contributed by atoms with E-state index in [0.717, 1.165) is 22.2 Å². The molecule has 120 valence electrons. The third-order valence-electron chi connectivity index (χ3n) is 4.57. The van der Waals surface area contributed by atoms with Crippen molar-refractivity contribution in [2.45, 2.75) is 5.72 Å². The molecule has 3 aromatic carbocycles. The fraction of sp³-hybridized carbons (Fsp3) is 0.0500. The van der Waals surface area contributed by atoms with Crippen LogP contribution in [0.4, 0.5) is 0 Å². The van der Waals surface area contributed by atoms with E-state index in [4.69, 9.17) is 4.74 Å². The fourth-order valence-corrected chi connectivity index (χ4v) is 3.46. The number of hydrogen-bond donors (Lipinski definition) is 0. The van der Waals surface area contributed by atoms with Crippen LogP contribution < -0.4 is 0 Å². The van der Waals surface area contributed by atoms with Gasteiger partial charge in [0.05, 0.1) is 11.1 Å². The summed E-state index contributed by atoms with van der Waals surface area (Å²) in [4.78, 5) is 12.6. The molecule has 0 aliphatic carbocycles. The van der Waals surface area contributed by atoms with E-state index in [-0.39, 0.29) is 5.97 Å². The first-order valence-corrected chi connectivity index (χ1v) is 8.00. The molecule has 1 atom stereocenters. The lowest BCUT2D eigenvalue weighted by Gasteiger charge is -2.29. The predicted octanol–water partition coefficient (Wildman–Crippen LogP) is 3.35. The topological polar surface area (TPSA) is 57.0 Å². The summed E-state index contributed by atoms with van der Waals surface area (Å²) in [5.74, 6) is -0.362. The Bertz CT molecular complexity index is 1100. The number of fused-ring (bicyclic) bond motifs is 2. The maximum Gasteiger partial charge on any atom is 0.341 e. The highest BCUT2D eigenvalue weighted by molar-refractivity contribution is 5.95. The van der Waals surface area contributed by atoms with Gasteiger partial charge in [-0.3, -0.25) is 0 Å². The number of carbonyl (C=O) groups excluding carboxylic acids is 1. The molecule has 1 aliphatic heterocycles. The molecule has 0 N–H and O–H groups in total. The summed E-state index contributed by atoms with van der Waals surface area (Å²) in [5.41, 5.74) is 2.52. The van der Waals surface area contributed by atoms with Crippen LogP contribution >= 0.6 is 0 Å². The van der Waals surface area contributed by atoms with Gasteiger partial charge < -0.3 is 4.74 Å². The second-order valence-corrected chi connectivity index (χ2v) is 5.94. The van der Waals surface area contributed by atoms with Gasteiger partial charge in [0.2, 0.25) is 0 Å². The van der Waals surface area contributed by atoms with Crippen molar-refractivity contribution in [3.63, 3.8) is 0 Å². The summed E-state index contributed by atoms with van der Waals surface area (Å²) in [5, 5.41) is 8.60. The number of nitrogens with zero attached hydrogens (tertiary/aromatic N) is 3. The van der Waals surface area contributed by atoms with E-state index in [9.17, 15) is 4.79 Å². The van der Waals surface area contributed by atoms with Crippen LogP contribution in [0.3, 0.4) is 0 Å². The number of carbonyl (C=O) groups is 1. The Morgan fingerprint density at radius 2 is 1.56 bits per heavy atom. The minimum Gasteiger partial charge on any atom is -0.424 e. The first-order chi connectivity index (χ1) is 12.3. The maximum absolute atomic E-state index is 12.6. The van der Waals surface area contributed by atoms with E-state index < -0.39 is 5.72 Å². The van der Waals surface area contributed by atoms with Gasteiger partial charge in [0, 0.05) is 11.1 Å². The van der Waals surface area contributed by atoms with Gasteiger partial charge in [0.15, 0.2) is 0 Å². The van der Waals surface area contributed by atoms with Crippen molar-refractivity contribution in [1.82, 2.24) is 15.0 Å². The number of rotatable bonds is 2. The number of ether oxygens (including phenoxy) is 1. The van der Waals surface area contributed by atoms with Crippen LogP contribution in [0.5, 0.6) is 0 Å². The van der Waals surface area contributed by atoms with E-state index >= 15 is 0 Å². The normalized spacial score (nSPS) is 19.0. The molecule has 0 amide bonds. The molecule has 0 spiro atoms. The molecule has 4 aromatic rings. The van der Waals surface area contributed by atoms with Gasteiger partial charge >= 0.3 is 5.97 Å².